The van der Waals surface area contributed by atoms with E-state index >= 15 is 0 Å². The largest absolute Gasteiger partial charge is 0.508 e. The van der Waals surface area contributed by atoms with Crippen molar-refractivity contribution < 1.29 is 14.3 Å². The highest BCUT2D eigenvalue weighted by Gasteiger charge is 2.25. The van der Waals surface area contributed by atoms with Crippen LogP contribution in [0.5, 0.6) is 5.75 Å². The van der Waals surface area contributed by atoms with Gasteiger partial charge >= 0.3 is 0 Å². The van der Waals surface area contributed by atoms with Crippen LogP contribution in [0.2, 0.25) is 0 Å². The summed E-state index contributed by atoms with van der Waals surface area (Å²) in [6, 6.07) is 6.66. The molecule has 1 aliphatic carbocycles. The molecule has 126 valence electrons. The Morgan fingerprint density at radius 2 is 2.04 bits per heavy atom. The maximum atomic E-state index is 12.2. The molecule has 1 amide bonds. The fraction of sp³-hybridized carbons (Fsp3) is 0.222. The number of phenolic OH excluding ortho intramolecular Hbond substituents is 1. The number of carbonyl (C=O) groups is 1. The number of benzene rings is 1. The Balaban J connectivity index is 1.45. The van der Waals surface area contributed by atoms with E-state index in [1.54, 1.807) is 24.3 Å². The molecule has 3 aromatic rings. The van der Waals surface area contributed by atoms with Gasteiger partial charge in [-0.05, 0) is 25.0 Å². The monoisotopic (exact) mass is 336 g/mol. The van der Waals surface area contributed by atoms with E-state index in [1.165, 1.54) is 25.1 Å². The van der Waals surface area contributed by atoms with Crippen molar-refractivity contribution in [3.05, 3.63) is 54.5 Å². The summed E-state index contributed by atoms with van der Waals surface area (Å²) in [5.41, 5.74) is 1.40. The third-order valence-electron chi connectivity index (χ3n) is 4.22. The number of hydrogen-bond donors (Lipinski definition) is 2. The topological polar surface area (TPSA) is 101 Å². The number of phenols is 1. The molecule has 25 heavy (non-hydrogen) atoms. The Morgan fingerprint density at radius 3 is 2.72 bits per heavy atom. The van der Waals surface area contributed by atoms with Gasteiger partial charge in [-0.25, -0.2) is 15.0 Å². The van der Waals surface area contributed by atoms with Gasteiger partial charge in [-0.15, -0.1) is 0 Å². The van der Waals surface area contributed by atoms with Crippen LogP contribution in [0, 0.1) is 0 Å². The zero-order chi connectivity index (χ0) is 17.2. The molecule has 1 fully saturated rings. The zero-order valence-electron chi connectivity index (χ0n) is 13.3. The second kappa shape index (κ2) is 6.35. The van der Waals surface area contributed by atoms with Crippen molar-refractivity contribution in [2.75, 3.05) is 5.32 Å². The van der Waals surface area contributed by atoms with Crippen LogP contribution in [0.15, 0.2) is 47.3 Å². The van der Waals surface area contributed by atoms with Crippen molar-refractivity contribution in [1.82, 2.24) is 15.0 Å². The van der Waals surface area contributed by atoms with Gasteiger partial charge in [-0.2, -0.15) is 0 Å². The van der Waals surface area contributed by atoms with Crippen LogP contribution < -0.4 is 5.32 Å². The highest BCUT2D eigenvalue weighted by atomic mass is 16.3. The van der Waals surface area contributed by atoms with E-state index in [9.17, 15) is 9.90 Å². The van der Waals surface area contributed by atoms with Gasteiger partial charge in [0.15, 0.2) is 17.4 Å². The minimum Gasteiger partial charge on any atom is -0.508 e. The average molecular weight is 336 g/mol. The lowest BCUT2D eigenvalue weighted by molar-refractivity contribution is 0.102. The third kappa shape index (κ3) is 3.21. The molecule has 0 atom stereocenters. The molecule has 2 heterocycles. The summed E-state index contributed by atoms with van der Waals surface area (Å²) in [6.45, 7) is 0. The predicted molar refractivity (Wildman–Crippen MR) is 90.2 cm³/mol. The smallest absolute Gasteiger partial charge is 0.277 e. The molecule has 4 rings (SSSR count). The lowest BCUT2D eigenvalue weighted by Crippen LogP contribution is -2.14. The maximum Gasteiger partial charge on any atom is 0.277 e. The van der Waals surface area contributed by atoms with E-state index in [0.717, 1.165) is 12.8 Å². The second-order valence-electron chi connectivity index (χ2n) is 6.00. The Hall–Kier alpha value is -3.22. The standard InChI is InChI=1S/C18H16N4O3/c23-14-6-2-5-12(7-14)16-19-8-13(9-20-16)21-17(24)15-10-25-18(22-15)11-3-1-4-11/h2,5-11,23H,1,3-4H2,(H,21,24). The molecule has 0 saturated heterocycles. The second-order valence-corrected chi connectivity index (χ2v) is 6.00. The number of nitrogens with zero attached hydrogens (tertiary/aromatic N) is 3. The first-order valence-electron chi connectivity index (χ1n) is 8.07. The average Bonchev–Trinajstić information content (AvgIpc) is 3.03. The van der Waals surface area contributed by atoms with Crippen molar-refractivity contribution in [2.24, 2.45) is 0 Å². The molecule has 1 aromatic carbocycles. The normalized spacial score (nSPS) is 14.1. The van der Waals surface area contributed by atoms with Gasteiger partial charge in [0.05, 0.1) is 18.1 Å². The Morgan fingerprint density at radius 1 is 1.24 bits per heavy atom. The van der Waals surface area contributed by atoms with Gasteiger partial charge < -0.3 is 14.8 Å². The summed E-state index contributed by atoms with van der Waals surface area (Å²) in [5, 5.41) is 12.2. The van der Waals surface area contributed by atoms with Gasteiger partial charge in [0.25, 0.3) is 5.91 Å². The van der Waals surface area contributed by atoms with Gasteiger partial charge in [0.2, 0.25) is 0 Å². The van der Waals surface area contributed by atoms with E-state index in [0.29, 0.717) is 28.9 Å². The lowest BCUT2D eigenvalue weighted by Gasteiger charge is -2.21. The number of nitrogens with one attached hydrogen (secondary N) is 1. The number of aromatic hydroxyl groups is 1. The molecular weight excluding hydrogens is 320 g/mol. The quantitative estimate of drug-likeness (QED) is 0.757. The SMILES string of the molecule is O=C(Nc1cnc(-c2cccc(O)c2)nc1)c1coc(C2CCC2)n1. The Bertz CT molecular complexity index is 901. The zero-order valence-corrected chi connectivity index (χ0v) is 13.3. The van der Waals surface area contributed by atoms with Crippen molar-refractivity contribution in [1.29, 1.82) is 0 Å². The van der Waals surface area contributed by atoms with Crippen LogP contribution in [-0.2, 0) is 0 Å². The summed E-state index contributed by atoms with van der Waals surface area (Å²) in [6.07, 6.45) is 7.70. The number of aromatic nitrogens is 3. The molecule has 1 aliphatic rings. The third-order valence-corrected chi connectivity index (χ3v) is 4.22. The Labute approximate surface area is 143 Å². The minimum absolute atomic E-state index is 0.145. The van der Waals surface area contributed by atoms with Crippen molar-refractivity contribution in [3.63, 3.8) is 0 Å². The van der Waals surface area contributed by atoms with Crippen LogP contribution in [0.1, 0.15) is 41.6 Å². The van der Waals surface area contributed by atoms with E-state index in [-0.39, 0.29) is 17.4 Å². The Kier molecular flexibility index (Phi) is 3.89. The molecule has 0 bridgehead atoms. The molecule has 0 radical (unpaired) electrons. The summed E-state index contributed by atoms with van der Waals surface area (Å²) < 4.78 is 5.39. The van der Waals surface area contributed by atoms with Gasteiger partial charge in [-0.1, -0.05) is 18.6 Å². The van der Waals surface area contributed by atoms with E-state index in [2.05, 4.69) is 20.3 Å². The maximum absolute atomic E-state index is 12.2. The highest BCUT2D eigenvalue weighted by Crippen LogP contribution is 2.35. The molecule has 7 nitrogen and oxygen atoms in total. The van der Waals surface area contributed by atoms with Crippen molar-refractivity contribution in [3.8, 4) is 17.1 Å². The number of amides is 1. The number of rotatable bonds is 4. The molecule has 0 aliphatic heterocycles. The number of carbonyl (C=O) groups excluding carboxylic acids is 1. The van der Waals surface area contributed by atoms with E-state index in [4.69, 9.17) is 4.42 Å². The molecule has 0 unspecified atom stereocenters. The van der Waals surface area contributed by atoms with Gasteiger partial charge in [0.1, 0.15) is 12.0 Å². The van der Waals surface area contributed by atoms with Crippen LogP contribution in [0.3, 0.4) is 0 Å². The number of anilines is 1. The van der Waals surface area contributed by atoms with Crippen LogP contribution >= 0.6 is 0 Å². The molecule has 1 saturated carbocycles. The lowest BCUT2D eigenvalue weighted by atomic mass is 9.85. The molecule has 2 aromatic heterocycles. The number of oxazole rings is 1. The van der Waals surface area contributed by atoms with Crippen molar-refractivity contribution >= 4 is 11.6 Å². The van der Waals surface area contributed by atoms with Crippen LogP contribution in [0.25, 0.3) is 11.4 Å². The van der Waals surface area contributed by atoms with Gasteiger partial charge in [-0.3, -0.25) is 4.79 Å². The predicted octanol–water partition coefficient (Wildman–Crippen LogP) is 3.36. The molecule has 2 N–H and O–H groups in total. The van der Waals surface area contributed by atoms with E-state index < -0.39 is 0 Å². The molecule has 7 heteroatoms. The number of hydrogen-bond acceptors (Lipinski definition) is 6. The van der Waals surface area contributed by atoms with Crippen LogP contribution in [-0.4, -0.2) is 26.0 Å². The minimum atomic E-state index is -0.358. The highest BCUT2D eigenvalue weighted by molar-refractivity contribution is 6.02. The first-order chi connectivity index (χ1) is 12.2. The first kappa shape index (κ1) is 15.3. The fourth-order valence-corrected chi connectivity index (χ4v) is 2.62. The fourth-order valence-electron chi connectivity index (χ4n) is 2.62. The molecule has 0 spiro atoms. The molecular formula is C18H16N4O3. The van der Waals surface area contributed by atoms with Gasteiger partial charge in [0, 0.05) is 11.5 Å². The summed E-state index contributed by atoms with van der Waals surface area (Å²) >= 11 is 0. The van der Waals surface area contributed by atoms with E-state index in [1.807, 2.05) is 0 Å². The summed E-state index contributed by atoms with van der Waals surface area (Å²) in [7, 11) is 0. The first-order valence-corrected chi connectivity index (χ1v) is 8.07. The summed E-state index contributed by atoms with van der Waals surface area (Å²) in [5.74, 6) is 1.22. The summed E-state index contributed by atoms with van der Waals surface area (Å²) in [4.78, 5) is 24.9. The van der Waals surface area contributed by atoms with Crippen LogP contribution in [0.4, 0.5) is 5.69 Å². The van der Waals surface area contributed by atoms with Crippen molar-refractivity contribution in [2.45, 2.75) is 25.2 Å².